The van der Waals surface area contributed by atoms with E-state index in [1.54, 1.807) is 20.2 Å². The van der Waals surface area contributed by atoms with E-state index in [-0.39, 0.29) is 12.5 Å². The van der Waals surface area contributed by atoms with Crippen LogP contribution in [0.5, 0.6) is 0 Å². The van der Waals surface area contributed by atoms with Crippen molar-refractivity contribution in [2.24, 2.45) is 0 Å². The standard InChI is InChI=1S/C9H13BrN4O2/c1-3-16-7(15)5-12-8-6(10)4-13-9(11-2)14-8/h4H,3,5H2,1-2H3,(H2,11,12,13,14). The van der Waals surface area contributed by atoms with Crippen LogP contribution in [-0.4, -0.2) is 36.1 Å². The number of anilines is 2. The Balaban J connectivity index is 2.62. The van der Waals surface area contributed by atoms with E-state index in [4.69, 9.17) is 4.74 Å². The topological polar surface area (TPSA) is 76.1 Å². The Labute approximate surface area is 102 Å². The van der Waals surface area contributed by atoms with Gasteiger partial charge in [-0.05, 0) is 22.9 Å². The van der Waals surface area contributed by atoms with Crippen molar-refractivity contribution in [3.8, 4) is 0 Å². The normalized spacial score (nSPS) is 9.69. The maximum Gasteiger partial charge on any atom is 0.325 e. The highest BCUT2D eigenvalue weighted by Crippen LogP contribution is 2.19. The number of hydrogen-bond acceptors (Lipinski definition) is 6. The molecule has 88 valence electrons. The Bertz CT molecular complexity index is 373. The second-order valence-electron chi connectivity index (χ2n) is 2.80. The minimum absolute atomic E-state index is 0.0760. The van der Waals surface area contributed by atoms with Gasteiger partial charge in [-0.15, -0.1) is 0 Å². The first-order valence-electron chi connectivity index (χ1n) is 4.77. The lowest BCUT2D eigenvalue weighted by Gasteiger charge is -2.08. The Morgan fingerprint density at radius 1 is 1.62 bits per heavy atom. The Morgan fingerprint density at radius 2 is 2.38 bits per heavy atom. The molecule has 16 heavy (non-hydrogen) atoms. The van der Waals surface area contributed by atoms with Gasteiger partial charge in [0.05, 0.1) is 11.1 Å². The quantitative estimate of drug-likeness (QED) is 0.795. The minimum atomic E-state index is -0.320. The van der Waals surface area contributed by atoms with Gasteiger partial charge < -0.3 is 15.4 Å². The fourth-order valence-electron chi connectivity index (χ4n) is 0.979. The smallest absolute Gasteiger partial charge is 0.325 e. The Kier molecular flexibility index (Phi) is 4.97. The molecular formula is C9H13BrN4O2. The molecule has 0 fully saturated rings. The van der Waals surface area contributed by atoms with Gasteiger partial charge >= 0.3 is 5.97 Å². The van der Waals surface area contributed by atoms with Crippen LogP contribution in [0.1, 0.15) is 6.92 Å². The van der Waals surface area contributed by atoms with Crippen molar-refractivity contribution in [1.29, 1.82) is 0 Å². The van der Waals surface area contributed by atoms with Crippen LogP contribution < -0.4 is 10.6 Å². The SMILES string of the molecule is CCOC(=O)CNc1nc(NC)ncc1Br. The summed E-state index contributed by atoms with van der Waals surface area (Å²) in [6.45, 7) is 2.21. The summed E-state index contributed by atoms with van der Waals surface area (Å²) in [7, 11) is 1.72. The van der Waals surface area contributed by atoms with E-state index in [1.165, 1.54) is 0 Å². The fourth-order valence-corrected chi connectivity index (χ4v) is 1.31. The average Bonchev–Trinajstić information content (AvgIpc) is 2.28. The Morgan fingerprint density at radius 3 is 3.00 bits per heavy atom. The number of carbonyl (C=O) groups is 1. The molecule has 2 N–H and O–H groups in total. The largest absolute Gasteiger partial charge is 0.465 e. The second-order valence-corrected chi connectivity index (χ2v) is 3.65. The second kappa shape index (κ2) is 6.26. The van der Waals surface area contributed by atoms with Crippen LogP contribution in [0.25, 0.3) is 0 Å². The van der Waals surface area contributed by atoms with Crippen molar-refractivity contribution >= 4 is 33.7 Å². The average molecular weight is 289 g/mol. The minimum Gasteiger partial charge on any atom is -0.465 e. The summed E-state index contributed by atoms with van der Waals surface area (Å²) in [4.78, 5) is 19.3. The van der Waals surface area contributed by atoms with E-state index in [9.17, 15) is 4.79 Å². The maximum atomic E-state index is 11.1. The number of carbonyl (C=O) groups excluding carboxylic acids is 1. The highest BCUT2D eigenvalue weighted by Gasteiger charge is 2.06. The lowest BCUT2D eigenvalue weighted by Crippen LogP contribution is -2.18. The highest BCUT2D eigenvalue weighted by molar-refractivity contribution is 9.10. The number of aromatic nitrogens is 2. The van der Waals surface area contributed by atoms with Gasteiger partial charge in [-0.3, -0.25) is 4.79 Å². The van der Waals surface area contributed by atoms with E-state index >= 15 is 0 Å². The van der Waals surface area contributed by atoms with Crippen molar-refractivity contribution in [2.75, 3.05) is 30.8 Å². The van der Waals surface area contributed by atoms with E-state index in [2.05, 4.69) is 36.5 Å². The summed E-state index contributed by atoms with van der Waals surface area (Å²) >= 11 is 3.28. The molecule has 0 unspecified atom stereocenters. The lowest BCUT2D eigenvalue weighted by molar-refractivity contribution is -0.140. The summed E-state index contributed by atoms with van der Waals surface area (Å²) in [6, 6.07) is 0. The third-order valence-electron chi connectivity index (χ3n) is 1.67. The number of nitrogens with zero attached hydrogens (tertiary/aromatic N) is 2. The maximum absolute atomic E-state index is 11.1. The summed E-state index contributed by atoms with van der Waals surface area (Å²) in [6.07, 6.45) is 1.60. The third kappa shape index (κ3) is 3.65. The lowest BCUT2D eigenvalue weighted by atomic mass is 10.5. The highest BCUT2D eigenvalue weighted by atomic mass is 79.9. The molecule has 1 aromatic rings. The molecule has 0 aliphatic rings. The first-order valence-corrected chi connectivity index (χ1v) is 5.56. The van der Waals surface area contributed by atoms with Gasteiger partial charge in [0.25, 0.3) is 0 Å². The monoisotopic (exact) mass is 288 g/mol. The predicted molar refractivity (Wildman–Crippen MR) is 64.4 cm³/mol. The molecule has 1 rings (SSSR count). The zero-order chi connectivity index (χ0) is 12.0. The molecule has 0 bridgehead atoms. The van der Waals surface area contributed by atoms with Gasteiger partial charge in [0.2, 0.25) is 5.95 Å². The Hall–Kier alpha value is -1.37. The van der Waals surface area contributed by atoms with Crippen molar-refractivity contribution in [2.45, 2.75) is 6.92 Å². The molecule has 6 nitrogen and oxygen atoms in total. The molecule has 0 radical (unpaired) electrons. The van der Waals surface area contributed by atoms with Gasteiger partial charge in [0.1, 0.15) is 12.4 Å². The van der Waals surface area contributed by atoms with Crippen molar-refractivity contribution in [3.05, 3.63) is 10.7 Å². The van der Waals surface area contributed by atoms with Crippen LogP contribution in [-0.2, 0) is 9.53 Å². The molecule has 7 heteroatoms. The number of esters is 1. The van der Waals surface area contributed by atoms with Crippen molar-refractivity contribution < 1.29 is 9.53 Å². The van der Waals surface area contributed by atoms with E-state index in [0.717, 1.165) is 0 Å². The molecule has 0 atom stereocenters. The molecule has 0 saturated carbocycles. The number of ether oxygens (including phenoxy) is 1. The van der Waals surface area contributed by atoms with Gasteiger partial charge in [-0.25, -0.2) is 4.98 Å². The fraction of sp³-hybridized carbons (Fsp3) is 0.444. The van der Waals surface area contributed by atoms with Crippen LogP contribution in [0.3, 0.4) is 0 Å². The number of nitrogens with one attached hydrogen (secondary N) is 2. The molecule has 0 saturated heterocycles. The first kappa shape index (κ1) is 12.7. The molecule has 0 spiro atoms. The van der Waals surface area contributed by atoms with Gasteiger partial charge in [-0.2, -0.15) is 4.98 Å². The van der Waals surface area contributed by atoms with Crippen LogP contribution in [0, 0.1) is 0 Å². The molecule has 0 amide bonds. The molecule has 0 aromatic carbocycles. The molecule has 0 aliphatic heterocycles. The van der Waals surface area contributed by atoms with Gasteiger partial charge in [0.15, 0.2) is 0 Å². The van der Waals surface area contributed by atoms with Crippen molar-refractivity contribution in [3.63, 3.8) is 0 Å². The molecular weight excluding hydrogens is 276 g/mol. The van der Waals surface area contributed by atoms with E-state index in [0.29, 0.717) is 22.8 Å². The summed E-state index contributed by atoms with van der Waals surface area (Å²) in [5, 5.41) is 5.67. The van der Waals surface area contributed by atoms with Gasteiger partial charge in [0, 0.05) is 13.2 Å². The van der Waals surface area contributed by atoms with Crippen LogP contribution in [0.4, 0.5) is 11.8 Å². The van der Waals surface area contributed by atoms with Crippen LogP contribution >= 0.6 is 15.9 Å². The molecule has 1 heterocycles. The summed E-state index contributed by atoms with van der Waals surface area (Å²) in [5.41, 5.74) is 0. The van der Waals surface area contributed by atoms with E-state index in [1.807, 2.05) is 0 Å². The number of hydrogen-bond donors (Lipinski definition) is 2. The first-order chi connectivity index (χ1) is 7.67. The predicted octanol–water partition coefficient (Wildman–Crippen LogP) is 1.26. The number of halogens is 1. The molecule has 0 aliphatic carbocycles. The van der Waals surface area contributed by atoms with E-state index < -0.39 is 0 Å². The van der Waals surface area contributed by atoms with Crippen LogP contribution in [0.2, 0.25) is 0 Å². The summed E-state index contributed by atoms with van der Waals surface area (Å²) < 4.78 is 5.47. The number of rotatable bonds is 5. The third-order valence-corrected chi connectivity index (χ3v) is 2.25. The summed E-state index contributed by atoms with van der Waals surface area (Å²) in [5.74, 6) is 0.709. The van der Waals surface area contributed by atoms with Gasteiger partial charge in [-0.1, -0.05) is 0 Å². The molecule has 1 aromatic heterocycles. The zero-order valence-corrected chi connectivity index (χ0v) is 10.7. The van der Waals surface area contributed by atoms with Crippen LogP contribution in [0.15, 0.2) is 10.7 Å². The van der Waals surface area contributed by atoms with Crippen molar-refractivity contribution in [1.82, 2.24) is 9.97 Å². The zero-order valence-electron chi connectivity index (χ0n) is 9.08.